The molecule has 112 valence electrons. The first-order valence-corrected chi connectivity index (χ1v) is 8.81. The van der Waals surface area contributed by atoms with E-state index in [1.807, 2.05) is 31.2 Å². The lowest BCUT2D eigenvalue weighted by atomic mass is 10.1. The van der Waals surface area contributed by atoms with Crippen LogP contribution in [0.15, 0.2) is 57.9 Å². The fourth-order valence-corrected chi connectivity index (χ4v) is 3.53. The number of rotatable bonds is 5. The summed E-state index contributed by atoms with van der Waals surface area (Å²) in [7, 11) is -3.72. The summed E-state index contributed by atoms with van der Waals surface area (Å²) in [5.41, 5.74) is 2.03. The van der Waals surface area contributed by atoms with Gasteiger partial charge in [0.05, 0.1) is 11.0 Å². The SMILES string of the molecule is Cc1ccc(S(=O)(=O)OC(C)Cc2cccc(Br)c2)cc1. The molecule has 2 aromatic carbocycles. The molecule has 0 aromatic heterocycles. The first kappa shape index (κ1) is 16.2. The Labute approximate surface area is 134 Å². The summed E-state index contributed by atoms with van der Waals surface area (Å²) >= 11 is 3.40. The normalized spacial score (nSPS) is 13.1. The van der Waals surface area contributed by atoms with E-state index in [1.54, 1.807) is 31.2 Å². The molecule has 0 saturated carbocycles. The second kappa shape index (κ2) is 6.73. The van der Waals surface area contributed by atoms with E-state index in [9.17, 15) is 8.42 Å². The molecule has 0 heterocycles. The second-order valence-electron chi connectivity index (χ2n) is 5.01. The van der Waals surface area contributed by atoms with Gasteiger partial charge in [0.1, 0.15) is 0 Å². The number of hydrogen-bond acceptors (Lipinski definition) is 3. The highest BCUT2D eigenvalue weighted by atomic mass is 79.9. The molecule has 0 aliphatic carbocycles. The summed E-state index contributed by atoms with van der Waals surface area (Å²) in [6.07, 6.45) is 0.107. The fourth-order valence-electron chi connectivity index (χ4n) is 2.01. The van der Waals surface area contributed by atoms with Gasteiger partial charge >= 0.3 is 0 Å². The van der Waals surface area contributed by atoms with E-state index in [4.69, 9.17) is 4.18 Å². The van der Waals surface area contributed by atoms with Gasteiger partial charge in [0, 0.05) is 4.47 Å². The topological polar surface area (TPSA) is 43.4 Å². The summed E-state index contributed by atoms with van der Waals surface area (Å²) in [6.45, 7) is 3.67. The fraction of sp³-hybridized carbons (Fsp3) is 0.250. The average Bonchev–Trinajstić information content (AvgIpc) is 2.38. The predicted octanol–water partition coefficient (Wildman–Crippen LogP) is 4.09. The largest absolute Gasteiger partial charge is 0.297 e. The Bertz CT molecular complexity index is 709. The van der Waals surface area contributed by atoms with Crippen LogP contribution < -0.4 is 0 Å². The molecule has 5 heteroatoms. The van der Waals surface area contributed by atoms with Gasteiger partial charge in [-0.05, 0) is 50.1 Å². The van der Waals surface area contributed by atoms with E-state index in [1.165, 1.54) is 0 Å². The van der Waals surface area contributed by atoms with E-state index < -0.39 is 16.2 Å². The van der Waals surface area contributed by atoms with Crippen LogP contribution in [0.5, 0.6) is 0 Å². The number of halogens is 1. The van der Waals surface area contributed by atoms with Gasteiger partial charge in [-0.15, -0.1) is 0 Å². The highest BCUT2D eigenvalue weighted by Gasteiger charge is 2.19. The van der Waals surface area contributed by atoms with Crippen LogP contribution in [0, 0.1) is 6.92 Å². The minimum absolute atomic E-state index is 0.189. The molecule has 0 aliphatic rings. The molecule has 0 aliphatic heterocycles. The van der Waals surface area contributed by atoms with Crippen molar-refractivity contribution in [1.82, 2.24) is 0 Å². The number of hydrogen-bond donors (Lipinski definition) is 0. The van der Waals surface area contributed by atoms with Crippen molar-refractivity contribution < 1.29 is 12.6 Å². The minimum Gasteiger partial charge on any atom is -0.263 e. The Kier molecular flexibility index (Phi) is 5.19. The van der Waals surface area contributed by atoms with Crippen LogP contribution in [-0.2, 0) is 20.7 Å². The van der Waals surface area contributed by atoms with Gasteiger partial charge in [-0.1, -0.05) is 45.8 Å². The van der Waals surface area contributed by atoms with Crippen LogP contribution in [0.4, 0.5) is 0 Å². The quantitative estimate of drug-likeness (QED) is 0.746. The Balaban J connectivity index is 2.07. The smallest absolute Gasteiger partial charge is 0.263 e. The minimum atomic E-state index is -3.72. The zero-order valence-electron chi connectivity index (χ0n) is 11.9. The number of aryl methyl sites for hydroxylation is 1. The Hall–Kier alpha value is -1.17. The van der Waals surface area contributed by atoms with Crippen LogP contribution >= 0.6 is 15.9 Å². The molecular formula is C16H17BrO3S. The van der Waals surface area contributed by atoms with E-state index in [-0.39, 0.29) is 4.90 Å². The number of benzene rings is 2. The summed E-state index contributed by atoms with van der Waals surface area (Å²) < 4.78 is 30.6. The lowest BCUT2D eigenvalue weighted by Crippen LogP contribution is -2.18. The monoisotopic (exact) mass is 368 g/mol. The van der Waals surface area contributed by atoms with Crippen molar-refractivity contribution in [2.45, 2.75) is 31.3 Å². The Morgan fingerprint density at radius 3 is 2.43 bits per heavy atom. The van der Waals surface area contributed by atoms with E-state index in [0.29, 0.717) is 6.42 Å². The molecule has 0 radical (unpaired) electrons. The molecular weight excluding hydrogens is 352 g/mol. The third kappa shape index (κ3) is 4.66. The average molecular weight is 369 g/mol. The van der Waals surface area contributed by atoms with Crippen LogP contribution in [0.3, 0.4) is 0 Å². The van der Waals surface area contributed by atoms with Crippen molar-refractivity contribution in [3.05, 3.63) is 64.1 Å². The third-order valence-electron chi connectivity index (χ3n) is 3.01. The highest BCUT2D eigenvalue weighted by molar-refractivity contribution is 9.10. The van der Waals surface area contributed by atoms with Gasteiger partial charge in [0.25, 0.3) is 10.1 Å². The molecule has 3 nitrogen and oxygen atoms in total. The van der Waals surface area contributed by atoms with Gasteiger partial charge in [-0.2, -0.15) is 8.42 Å². The summed E-state index contributed by atoms with van der Waals surface area (Å²) in [6, 6.07) is 14.4. The first-order valence-electron chi connectivity index (χ1n) is 6.61. The van der Waals surface area contributed by atoms with Crippen molar-refractivity contribution in [3.63, 3.8) is 0 Å². The molecule has 2 aromatic rings. The summed E-state index contributed by atoms with van der Waals surface area (Å²) in [4.78, 5) is 0.189. The molecule has 0 fully saturated rings. The zero-order valence-corrected chi connectivity index (χ0v) is 14.3. The molecule has 0 N–H and O–H groups in total. The maximum Gasteiger partial charge on any atom is 0.297 e. The maximum absolute atomic E-state index is 12.2. The van der Waals surface area contributed by atoms with Gasteiger partial charge < -0.3 is 0 Å². The van der Waals surface area contributed by atoms with Crippen molar-refractivity contribution in [3.8, 4) is 0 Å². The van der Waals surface area contributed by atoms with Crippen LogP contribution in [0.1, 0.15) is 18.1 Å². The van der Waals surface area contributed by atoms with Crippen molar-refractivity contribution in [2.75, 3.05) is 0 Å². The van der Waals surface area contributed by atoms with E-state index in [0.717, 1.165) is 15.6 Å². The molecule has 21 heavy (non-hydrogen) atoms. The van der Waals surface area contributed by atoms with Gasteiger partial charge in [0.15, 0.2) is 0 Å². The van der Waals surface area contributed by atoms with Crippen LogP contribution in [-0.4, -0.2) is 14.5 Å². The standard InChI is InChI=1S/C16H17BrO3S/c1-12-6-8-16(9-7-12)21(18,19)20-13(2)10-14-4-3-5-15(17)11-14/h3-9,11,13H,10H2,1-2H3. The van der Waals surface area contributed by atoms with E-state index >= 15 is 0 Å². The highest BCUT2D eigenvalue weighted by Crippen LogP contribution is 2.18. The van der Waals surface area contributed by atoms with Crippen molar-refractivity contribution in [2.24, 2.45) is 0 Å². The van der Waals surface area contributed by atoms with Crippen molar-refractivity contribution in [1.29, 1.82) is 0 Å². The van der Waals surface area contributed by atoms with Crippen molar-refractivity contribution >= 4 is 26.0 Å². The maximum atomic E-state index is 12.2. The second-order valence-corrected chi connectivity index (χ2v) is 7.50. The summed E-state index contributed by atoms with van der Waals surface area (Å²) in [5, 5.41) is 0. The molecule has 1 unspecified atom stereocenters. The Morgan fingerprint density at radius 1 is 1.14 bits per heavy atom. The predicted molar refractivity (Wildman–Crippen MR) is 86.8 cm³/mol. The summed E-state index contributed by atoms with van der Waals surface area (Å²) in [5.74, 6) is 0. The van der Waals surface area contributed by atoms with Gasteiger partial charge in [0.2, 0.25) is 0 Å². The molecule has 0 spiro atoms. The van der Waals surface area contributed by atoms with E-state index in [2.05, 4.69) is 15.9 Å². The molecule has 2 rings (SSSR count). The lowest BCUT2D eigenvalue weighted by molar-refractivity contribution is 0.229. The lowest BCUT2D eigenvalue weighted by Gasteiger charge is -2.13. The van der Waals surface area contributed by atoms with Crippen LogP contribution in [0.25, 0.3) is 0 Å². The van der Waals surface area contributed by atoms with Gasteiger partial charge in [-0.25, -0.2) is 0 Å². The molecule has 1 atom stereocenters. The third-order valence-corrected chi connectivity index (χ3v) is 4.94. The molecule has 0 saturated heterocycles. The zero-order chi connectivity index (χ0) is 15.5. The molecule has 0 bridgehead atoms. The van der Waals surface area contributed by atoms with Gasteiger partial charge in [-0.3, -0.25) is 4.18 Å². The Morgan fingerprint density at radius 2 is 1.81 bits per heavy atom. The first-order chi connectivity index (χ1) is 9.87. The molecule has 0 amide bonds. The van der Waals surface area contributed by atoms with Crippen LogP contribution in [0.2, 0.25) is 0 Å².